The van der Waals surface area contributed by atoms with Crippen LogP contribution in [0.4, 0.5) is 5.69 Å². The van der Waals surface area contributed by atoms with E-state index in [1.807, 2.05) is 24.4 Å². The maximum atomic E-state index is 9.00. The molecule has 138 valence electrons. The first-order chi connectivity index (χ1) is 12.9. The van der Waals surface area contributed by atoms with Gasteiger partial charge in [0.15, 0.2) is 0 Å². The number of nitrogens with two attached hydrogens (primary N) is 1. The Kier molecular flexibility index (Phi) is 7.26. The number of carbonyl (C=O) groups is 1. The van der Waals surface area contributed by atoms with Crippen molar-refractivity contribution < 1.29 is 9.90 Å². The summed E-state index contributed by atoms with van der Waals surface area (Å²) in [6.45, 7) is 2.87. The lowest BCUT2D eigenvalue weighted by atomic mass is 10.0. The number of aliphatic imine (C=N–C) groups is 1. The zero-order chi connectivity index (χ0) is 19.6. The average Bonchev–Trinajstić information content (AvgIpc) is 2.63. The second-order valence-corrected chi connectivity index (χ2v) is 6.05. The first kappa shape index (κ1) is 19.8. The highest BCUT2D eigenvalue weighted by atomic mass is 16.4. The molecule has 5 heteroatoms. The van der Waals surface area contributed by atoms with Crippen molar-refractivity contribution in [3.8, 4) is 11.1 Å². The van der Waals surface area contributed by atoms with E-state index in [4.69, 9.17) is 15.6 Å². The number of carboxylic acids is 1. The van der Waals surface area contributed by atoms with Gasteiger partial charge in [-0.3, -0.25) is 9.78 Å². The normalized spacial score (nSPS) is 10.7. The third-order valence-corrected chi connectivity index (χ3v) is 3.59. The highest BCUT2D eigenvalue weighted by Crippen LogP contribution is 2.23. The number of benzene rings is 2. The van der Waals surface area contributed by atoms with Gasteiger partial charge in [-0.1, -0.05) is 42.5 Å². The smallest absolute Gasteiger partial charge is 0.300 e. The van der Waals surface area contributed by atoms with E-state index < -0.39 is 5.97 Å². The van der Waals surface area contributed by atoms with E-state index >= 15 is 0 Å². The number of aliphatic carboxylic acids is 1. The monoisotopic (exact) mass is 361 g/mol. The van der Waals surface area contributed by atoms with Gasteiger partial charge in [-0.05, 0) is 53.8 Å². The van der Waals surface area contributed by atoms with Gasteiger partial charge < -0.3 is 10.8 Å². The van der Waals surface area contributed by atoms with Gasteiger partial charge in [0.05, 0.1) is 11.5 Å². The molecule has 0 spiro atoms. The van der Waals surface area contributed by atoms with Crippen LogP contribution in [0, 0.1) is 0 Å². The minimum absolute atomic E-state index is 0.567. The fourth-order valence-electron chi connectivity index (χ4n) is 2.49. The molecule has 3 N–H and O–H groups in total. The van der Waals surface area contributed by atoms with Crippen LogP contribution in [0.1, 0.15) is 25.0 Å². The summed E-state index contributed by atoms with van der Waals surface area (Å²) >= 11 is 0. The van der Waals surface area contributed by atoms with Crippen LogP contribution >= 0.6 is 0 Å². The predicted octanol–water partition coefficient (Wildman–Crippen LogP) is 4.44. The summed E-state index contributed by atoms with van der Waals surface area (Å²) in [5.74, 6) is -0.266. The Morgan fingerprint density at radius 2 is 1.52 bits per heavy atom. The molecule has 2 aromatic carbocycles. The molecule has 3 rings (SSSR count). The Morgan fingerprint density at radius 3 is 2.00 bits per heavy atom. The Morgan fingerprint density at radius 1 is 0.963 bits per heavy atom. The van der Waals surface area contributed by atoms with E-state index in [1.165, 1.54) is 22.3 Å². The van der Waals surface area contributed by atoms with E-state index in [0.29, 0.717) is 5.84 Å². The molecule has 0 aliphatic heterocycles. The van der Waals surface area contributed by atoms with Gasteiger partial charge in [-0.15, -0.1) is 0 Å². The largest absolute Gasteiger partial charge is 0.481 e. The Labute approximate surface area is 159 Å². The summed E-state index contributed by atoms with van der Waals surface area (Å²) in [5, 5.41) is 7.42. The van der Waals surface area contributed by atoms with Gasteiger partial charge in [0.1, 0.15) is 0 Å². The second kappa shape index (κ2) is 9.87. The van der Waals surface area contributed by atoms with Crippen LogP contribution in [0.3, 0.4) is 0 Å². The summed E-state index contributed by atoms with van der Waals surface area (Å²) in [6.07, 6.45) is 4.61. The van der Waals surface area contributed by atoms with E-state index in [9.17, 15) is 0 Å². The number of hydrogen-bond donors (Lipinski definition) is 2. The van der Waals surface area contributed by atoms with Crippen molar-refractivity contribution in [2.24, 2.45) is 10.7 Å². The number of hydrogen-bond acceptors (Lipinski definition) is 3. The molecule has 0 aliphatic carbocycles. The third-order valence-electron chi connectivity index (χ3n) is 3.59. The summed E-state index contributed by atoms with van der Waals surface area (Å²) in [7, 11) is 0. The van der Waals surface area contributed by atoms with Crippen LogP contribution in [0.2, 0.25) is 0 Å². The number of amidine groups is 1. The standard InChI is InChI=1S/C20H19N3.C2H4O2/c1-15(21)23-20-10-8-19(9-11-20)18-6-4-16(5-7-18)13-17-3-2-12-22-14-17;1-2(3)4/h2-12,14H,13H2,1H3,(H2,21,23);1H3,(H,3,4). The number of rotatable bonds is 4. The number of pyridine rings is 1. The van der Waals surface area contributed by atoms with E-state index in [0.717, 1.165) is 19.0 Å². The molecule has 3 aromatic rings. The molecule has 5 nitrogen and oxygen atoms in total. The first-order valence-electron chi connectivity index (χ1n) is 8.52. The van der Waals surface area contributed by atoms with Crippen molar-refractivity contribution in [3.05, 3.63) is 84.2 Å². The van der Waals surface area contributed by atoms with Crippen molar-refractivity contribution in [3.63, 3.8) is 0 Å². The fraction of sp³-hybridized carbons (Fsp3) is 0.136. The number of nitrogens with zero attached hydrogens (tertiary/aromatic N) is 2. The lowest BCUT2D eigenvalue weighted by Gasteiger charge is -2.05. The lowest BCUT2D eigenvalue weighted by Crippen LogP contribution is -2.03. The minimum Gasteiger partial charge on any atom is -0.481 e. The van der Waals surface area contributed by atoms with Crippen LogP contribution in [-0.4, -0.2) is 21.9 Å². The molecule has 0 fully saturated rings. The first-order valence-corrected chi connectivity index (χ1v) is 8.52. The summed E-state index contributed by atoms with van der Waals surface area (Å²) in [4.78, 5) is 17.4. The number of carboxylic acid groups (broad SMARTS) is 1. The van der Waals surface area contributed by atoms with Gasteiger partial charge in [0.2, 0.25) is 0 Å². The predicted molar refractivity (Wildman–Crippen MR) is 109 cm³/mol. The molecule has 1 heterocycles. The molecule has 0 aliphatic rings. The second-order valence-electron chi connectivity index (χ2n) is 6.05. The van der Waals surface area contributed by atoms with Gasteiger partial charge in [-0.25, -0.2) is 4.99 Å². The molecule has 1 aromatic heterocycles. The van der Waals surface area contributed by atoms with Gasteiger partial charge in [0.25, 0.3) is 5.97 Å². The van der Waals surface area contributed by atoms with Crippen LogP contribution in [-0.2, 0) is 11.2 Å². The van der Waals surface area contributed by atoms with Crippen LogP contribution < -0.4 is 5.73 Å². The van der Waals surface area contributed by atoms with Gasteiger partial charge >= 0.3 is 0 Å². The minimum atomic E-state index is -0.833. The molecular weight excluding hydrogens is 338 g/mol. The molecule has 27 heavy (non-hydrogen) atoms. The van der Waals surface area contributed by atoms with Crippen molar-refractivity contribution in [2.75, 3.05) is 0 Å². The zero-order valence-corrected chi connectivity index (χ0v) is 15.5. The third kappa shape index (κ3) is 7.12. The Hall–Kier alpha value is -3.47. The van der Waals surface area contributed by atoms with Crippen LogP contribution in [0.15, 0.2) is 78.0 Å². The summed E-state index contributed by atoms with van der Waals surface area (Å²) in [5.41, 5.74) is 11.3. The molecule has 0 saturated carbocycles. The van der Waals surface area contributed by atoms with Gasteiger partial charge in [0, 0.05) is 19.3 Å². The molecular formula is C22H23N3O2. The van der Waals surface area contributed by atoms with Crippen molar-refractivity contribution in [2.45, 2.75) is 20.3 Å². The SMILES string of the molecule is CC(=O)O.CC(N)=Nc1ccc(-c2ccc(Cc3cccnc3)cc2)cc1. The fourth-order valence-corrected chi connectivity index (χ4v) is 2.49. The summed E-state index contributed by atoms with van der Waals surface area (Å²) in [6, 6.07) is 20.8. The van der Waals surface area contributed by atoms with E-state index in [2.05, 4.69) is 52.4 Å². The van der Waals surface area contributed by atoms with Crippen LogP contribution in [0.25, 0.3) is 11.1 Å². The lowest BCUT2D eigenvalue weighted by molar-refractivity contribution is -0.134. The van der Waals surface area contributed by atoms with E-state index in [-0.39, 0.29) is 0 Å². The number of aromatic nitrogens is 1. The van der Waals surface area contributed by atoms with Crippen molar-refractivity contribution in [1.29, 1.82) is 0 Å². The molecule has 0 saturated heterocycles. The average molecular weight is 361 g/mol. The molecule has 0 radical (unpaired) electrons. The molecule has 0 unspecified atom stereocenters. The van der Waals surface area contributed by atoms with Crippen LogP contribution in [0.5, 0.6) is 0 Å². The van der Waals surface area contributed by atoms with Gasteiger partial charge in [-0.2, -0.15) is 0 Å². The van der Waals surface area contributed by atoms with Crippen molar-refractivity contribution >= 4 is 17.5 Å². The maximum Gasteiger partial charge on any atom is 0.300 e. The maximum absolute atomic E-state index is 9.00. The molecule has 0 atom stereocenters. The highest BCUT2D eigenvalue weighted by molar-refractivity contribution is 5.80. The summed E-state index contributed by atoms with van der Waals surface area (Å²) < 4.78 is 0. The molecule has 0 amide bonds. The Bertz CT molecular complexity index is 879. The highest BCUT2D eigenvalue weighted by Gasteiger charge is 2.00. The van der Waals surface area contributed by atoms with E-state index in [1.54, 1.807) is 13.1 Å². The zero-order valence-electron chi connectivity index (χ0n) is 15.5. The molecule has 0 bridgehead atoms. The topological polar surface area (TPSA) is 88.6 Å². The quantitative estimate of drug-likeness (QED) is 0.531. The van der Waals surface area contributed by atoms with Crippen molar-refractivity contribution in [1.82, 2.24) is 4.98 Å². The Balaban J connectivity index is 0.000000596.